The number of anilines is 1. The lowest BCUT2D eigenvalue weighted by molar-refractivity contribution is -0.366. The van der Waals surface area contributed by atoms with Crippen LogP contribution in [0.2, 0.25) is 10.0 Å². The second kappa shape index (κ2) is 8.03. The number of fused-ring (bicyclic) bond motifs is 1. The molecule has 0 aliphatic heterocycles. The van der Waals surface area contributed by atoms with Crippen LogP contribution in [0, 0.1) is 0 Å². The van der Waals surface area contributed by atoms with Crippen LogP contribution in [0.15, 0.2) is 46.9 Å². The highest BCUT2D eigenvalue weighted by Crippen LogP contribution is 2.30. The number of rotatable bonds is 4. The molecule has 0 spiro atoms. The second-order valence-corrected chi connectivity index (χ2v) is 6.07. The molecule has 4 N–H and O–H groups in total. The summed E-state index contributed by atoms with van der Waals surface area (Å²) in [6.45, 7) is 1.87. The molecule has 10 heteroatoms. The van der Waals surface area contributed by atoms with Gasteiger partial charge in [0.2, 0.25) is 5.84 Å². The molecule has 0 amide bonds. The number of H-pyrrole nitrogens is 1. The average Bonchev–Trinajstić information content (AvgIpc) is 2.63. The number of amidine groups is 1. The van der Waals surface area contributed by atoms with E-state index in [-0.39, 0.29) is 6.04 Å². The number of hydrogen-bond acceptors (Lipinski definition) is 5. The standard InChI is InChI=1S/C16H14Cl2N8/c1-9(14(22-7-19)26-16-20-3-2-4-21-16)25-15-11-5-10(17)6-12(18)13(11)23-8-24-15/h2-9H,1H3,(H,23,24,25)(H2,19,20,21,22,26)/p+1. The minimum Gasteiger partial charge on any atom is -0.390 e. The third-order valence-corrected chi connectivity index (χ3v) is 3.92. The van der Waals surface area contributed by atoms with Crippen LogP contribution in [0.1, 0.15) is 6.92 Å². The number of nitrogens with zero attached hydrogens (tertiary/aromatic N) is 5. The molecule has 0 aliphatic carbocycles. The van der Waals surface area contributed by atoms with E-state index in [1.165, 1.54) is 12.7 Å². The molecule has 0 radical (unpaired) electrons. The topological polar surface area (TPSA) is 116 Å². The third kappa shape index (κ3) is 4.04. The quantitative estimate of drug-likeness (QED) is 0.525. The molecule has 3 rings (SSSR count). The molecule has 2 aromatic heterocycles. The molecule has 1 atom stereocenters. The van der Waals surface area contributed by atoms with Gasteiger partial charge < -0.3 is 11.1 Å². The molecule has 0 saturated carbocycles. The minimum absolute atomic E-state index is 0.332. The van der Waals surface area contributed by atoms with Gasteiger partial charge in [0.25, 0.3) is 0 Å². The smallest absolute Gasteiger partial charge is 0.390 e. The zero-order valence-electron chi connectivity index (χ0n) is 13.7. The highest BCUT2D eigenvalue weighted by Gasteiger charge is 2.18. The maximum absolute atomic E-state index is 6.21. The van der Waals surface area contributed by atoms with Gasteiger partial charge in [0.05, 0.1) is 23.1 Å². The van der Waals surface area contributed by atoms with Crippen LogP contribution in [-0.2, 0) is 0 Å². The number of halogens is 2. The lowest BCUT2D eigenvalue weighted by Crippen LogP contribution is -2.26. The number of benzene rings is 1. The van der Waals surface area contributed by atoms with Gasteiger partial charge in [-0.05, 0) is 19.1 Å². The maximum Gasteiger partial charge on any atom is 0.432 e. The normalized spacial score (nSPS) is 13.3. The molecule has 8 nitrogen and oxygen atoms in total. The summed E-state index contributed by atoms with van der Waals surface area (Å²) >= 11 is 12.3. The van der Waals surface area contributed by atoms with Gasteiger partial charge in [0.1, 0.15) is 24.4 Å². The second-order valence-electron chi connectivity index (χ2n) is 5.23. The summed E-state index contributed by atoms with van der Waals surface area (Å²) in [6.07, 6.45) is 5.94. The summed E-state index contributed by atoms with van der Waals surface area (Å²) in [4.78, 5) is 24.0. The van der Waals surface area contributed by atoms with Crippen LogP contribution < -0.4 is 16.0 Å². The molecule has 0 bridgehead atoms. The van der Waals surface area contributed by atoms with Crippen molar-refractivity contribution in [3.8, 4) is 0 Å². The van der Waals surface area contributed by atoms with Crippen LogP contribution >= 0.6 is 23.2 Å². The Balaban J connectivity index is 1.97. The van der Waals surface area contributed by atoms with E-state index in [9.17, 15) is 0 Å². The number of hydrogen-bond donors (Lipinski definition) is 2. The van der Waals surface area contributed by atoms with Crippen molar-refractivity contribution >= 4 is 58.0 Å². The molecule has 0 aliphatic rings. The summed E-state index contributed by atoms with van der Waals surface area (Å²) in [5.74, 6) is 1.37. The zero-order valence-corrected chi connectivity index (χ0v) is 15.2. The number of nitrogens with two attached hydrogens (primary N) is 1. The van der Waals surface area contributed by atoms with Crippen LogP contribution in [-0.4, -0.2) is 33.2 Å². The molecule has 2 heterocycles. The summed E-state index contributed by atoms with van der Waals surface area (Å²) in [5.41, 5.74) is 6.05. The van der Waals surface area contributed by atoms with Crippen molar-refractivity contribution in [3.05, 3.63) is 47.0 Å². The van der Waals surface area contributed by atoms with Crippen molar-refractivity contribution in [2.75, 3.05) is 5.32 Å². The van der Waals surface area contributed by atoms with Crippen LogP contribution in [0.3, 0.4) is 0 Å². The first kappa shape index (κ1) is 18.0. The lowest BCUT2D eigenvalue weighted by Gasteiger charge is -2.14. The Morgan fingerprint density at radius 3 is 2.88 bits per heavy atom. The Morgan fingerprint density at radius 2 is 2.15 bits per heavy atom. The van der Waals surface area contributed by atoms with Crippen molar-refractivity contribution in [2.45, 2.75) is 13.0 Å². The molecule has 1 unspecified atom stereocenters. The van der Waals surface area contributed by atoms with Crippen molar-refractivity contribution in [3.63, 3.8) is 0 Å². The zero-order chi connectivity index (χ0) is 18.5. The van der Waals surface area contributed by atoms with E-state index in [4.69, 9.17) is 28.9 Å². The van der Waals surface area contributed by atoms with E-state index in [0.717, 1.165) is 0 Å². The largest absolute Gasteiger partial charge is 0.432 e. The fraction of sp³-hybridized carbons (Fsp3) is 0.125. The Bertz CT molecular complexity index is 975. The molecular weight excluding hydrogens is 375 g/mol. The molecule has 3 aromatic rings. The Labute approximate surface area is 159 Å². The monoisotopic (exact) mass is 389 g/mol. The van der Waals surface area contributed by atoms with Gasteiger partial charge in [-0.15, -0.1) is 0 Å². The molecule has 0 saturated heterocycles. The van der Waals surface area contributed by atoms with Crippen LogP contribution in [0.4, 0.5) is 11.8 Å². The fourth-order valence-corrected chi connectivity index (χ4v) is 2.82. The van der Waals surface area contributed by atoms with Gasteiger partial charge in [-0.2, -0.15) is 0 Å². The van der Waals surface area contributed by atoms with E-state index < -0.39 is 0 Å². The molecule has 26 heavy (non-hydrogen) atoms. The lowest BCUT2D eigenvalue weighted by atomic mass is 10.2. The highest BCUT2D eigenvalue weighted by molar-refractivity contribution is 6.38. The molecule has 132 valence electrons. The first-order valence-corrected chi connectivity index (χ1v) is 8.36. The van der Waals surface area contributed by atoms with Gasteiger partial charge in [0.15, 0.2) is 0 Å². The van der Waals surface area contributed by atoms with Crippen molar-refractivity contribution in [1.82, 2.24) is 15.0 Å². The van der Waals surface area contributed by atoms with E-state index in [2.05, 4.69) is 35.2 Å². The van der Waals surface area contributed by atoms with E-state index in [1.54, 1.807) is 30.6 Å². The Hall–Kier alpha value is -2.84. The van der Waals surface area contributed by atoms with E-state index in [0.29, 0.717) is 38.6 Å². The van der Waals surface area contributed by atoms with Crippen molar-refractivity contribution in [1.29, 1.82) is 0 Å². The number of aliphatic imine (C=N–C) groups is 2. The minimum atomic E-state index is -0.332. The summed E-state index contributed by atoms with van der Waals surface area (Å²) in [7, 11) is 0. The first-order valence-electron chi connectivity index (χ1n) is 7.60. The van der Waals surface area contributed by atoms with Gasteiger partial charge >= 0.3 is 5.95 Å². The summed E-state index contributed by atoms with van der Waals surface area (Å²) in [5, 5.41) is 4.86. The van der Waals surface area contributed by atoms with Gasteiger partial charge in [0, 0.05) is 16.5 Å². The van der Waals surface area contributed by atoms with E-state index >= 15 is 0 Å². The van der Waals surface area contributed by atoms with Crippen LogP contribution in [0.5, 0.6) is 0 Å². The SMILES string of the molecule is CC(Nc1ncnc2c(Cl)cc(Cl)cc12)/C(N=CN)=N\c1nccc[nH+]1. The maximum atomic E-state index is 6.21. The number of aromatic amines is 1. The molecular formula is C16H15Cl2N8+. The predicted molar refractivity (Wildman–Crippen MR) is 103 cm³/mol. The number of aromatic nitrogens is 4. The van der Waals surface area contributed by atoms with Crippen molar-refractivity contribution < 1.29 is 4.98 Å². The van der Waals surface area contributed by atoms with Gasteiger partial charge in [-0.1, -0.05) is 33.2 Å². The Kier molecular flexibility index (Phi) is 5.55. The van der Waals surface area contributed by atoms with Gasteiger partial charge in [-0.3, -0.25) is 0 Å². The first-order chi connectivity index (χ1) is 12.6. The average molecular weight is 390 g/mol. The Morgan fingerprint density at radius 1 is 1.31 bits per heavy atom. The van der Waals surface area contributed by atoms with Crippen LogP contribution in [0.25, 0.3) is 10.9 Å². The summed E-state index contributed by atoms with van der Waals surface area (Å²) < 4.78 is 0. The fourth-order valence-electron chi connectivity index (χ4n) is 2.28. The third-order valence-electron chi connectivity index (χ3n) is 3.42. The highest BCUT2D eigenvalue weighted by atomic mass is 35.5. The van der Waals surface area contributed by atoms with Gasteiger partial charge in [-0.25, -0.2) is 19.9 Å². The summed E-state index contributed by atoms with van der Waals surface area (Å²) in [6, 6.07) is 4.80. The predicted octanol–water partition coefficient (Wildman–Crippen LogP) is 2.66. The molecule has 1 aromatic carbocycles. The number of nitrogens with one attached hydrogen (secondary N) is 2. The molecule has 0 fully saturated rings. The van der Waals surface area contributed by atoms with E-state index in [1.807, 2.05) is 6.92 Å². The van der Waals surface area contributed by atoms with Crippen molar-refractivity contribution in [2.24, 2.45) is 15.7 Å².